The Labute approximate surface area is 144 Å². The molecule has 8 nitrogen and oxygen atoms in total. The monoisotopic (exact) mass is 348 g/mol. The van der Waals surface area contributed by atoms with Crippen LogP contribution in [0.4, 0.5) is 16.6 Å². The maximum atomic E-state index is 10.9. The van der Waals surface area contributed by atoms with Gasteiger partial charge in [0.1, 0.15) is 17.8 Å². The number of nitrogens with zero attached hydrogens (tertiary/aromatic N) is 6. The fraction of sp³-hybridized carbons (Fsp3) is 0.533. The highest BCUT2D eigenvalue weighted by Crippen LogP contribution is 2.24. The van der Waals surface area contributed by atoms with Gasteiger partial charge in [0.2, 0.25) is 5.13 Å². The summed E-state index contributed by atoms with van der Waals surface area (Å²) >= 11 is 1.45. The summed E-state index contributed by atoms with van der Waals surface area (Å²) in [7, 11) is 0. The first-order chi connectivity index (χ1) is 11.6. The predicted octanol–water partition coefficient (Wildman–Crippen LogP) is 2.43. The molecule has 2 aromatic heterocycles. The SMILES string of the molecule is CCc1nsc(N2CCCN(c3ncc([N+](=O)[O-])cc3C)CC2)n1. The van der Waals surface area contributed by atoms with E-state index in [0.29, 0.717) is 0 Å². The molecule has 0 spiro atoms. The fourth-order valence-corrected chi connectivity index (χ4v) is 3.62. The first-order valence-corrected chi connectivity index (χ1v) is 8.79. The van der Waals surface area contributed by atoms with Crippen molar-refractivity contribution < 1.29 is 4.92 Å². The third-order valence-electron chi connectivity index (χ3n) is 4.09. The molecule has 128 valence electrons. The molecule has 0 radical (unpaired) electrons. The lowest BCUT2D eigenvalue weighted by molar-refractivity contribution is -0.385. The van der Waals surface area contributed by atoms with Crippen molar-refractivity contribution in [3.63, 3.8) is 0 Å². The van der Waals surface area contributed by atoms with Gasteiger partial charge in [0, 0.05) is 50.2 Å². The molecule has 2 aromatic rings. The fourth-order valence-electron chi connectivity index (χ4n) is 2.82. The van der Waals surface area contributed by atoms with Gasteiger partial charge in [-0.3, -0.25) is 10.1 Å². The van der Waals surface area contributed by atoms with Crippen LogP contribution >= 0.6 is 11.5 Å². The van der Waals surface area contributed by atoms with Crippen molar-refractivity contribution in [2.45, 2.75) is 26.7 Å². The third kappa shape index (κ3) is 3.45. The zero-order valence-corrected chi connectivity index (χ0v) is 14.6. The lowest BCUT2D eigenvalue weighted by atomic mass is 10.2. The molecule has 1 aliphatic rings. The van der Waals surface area contributed by atoms with Crippen LogP contribution in [-0.2, 0) is 6.42 Å². The van der Waals surface area contributed by atoms with E-state index in [2.05, 4.69) is 31.1 Å². The highest BCUT2D eigenvalue weighted by atomic mass is 32.1. The predicted molar refractivity (Wildman–Crippen MR) is 94.0 cm³/mol. The van der Waals surface area contributed by atoms with Crippen molar-refractivity contribution in [2.75, 3.05) is 36.0 Å². The second-order valence-electron chi connectivity index (χ2n) is 5.77. The Kier molecular flexibility index (Phi) is 4.89. The lowest BCUT2D eigenvalue weighted by Crippen LogP contribution is -2.31. The van der Waals surface area contributed by atoms with Crippen LogP contribution in [-0.4, -0.2) is 45.4 Å². The van der Waals surface area contributed by atoms with E-state index in [4.69, 9.17) is 0 Å². The summed E-state index contributed by atoms with van der Waals surface area (Å²) in [5.74, 6) is 1.72. The van der Waals surface area contributed by atoms with Gasteiger partial charge in [-0.1, -0.05) is 6.92 Å². The molecule has 0 amide bonds. The Balaban J connectivity index is 1.72. The standard InChI is InChI=1S/C15H20N6O2S/c1-3-13-17-15(24-18-13)20-6-4-5-19(7-8-20)14-11(2)9-12(10-16-14)21(22)23/h9-10H,3-8H2,1-2H3. The highest BCUT2D eigenvalue weighted by Gasteiger charge is 2.21. The number of hydrogen-bond acceptors (Lipinski definition) is 8. The van der Waals surface area contributed by atoms with Gasteiger partial charge in [0.05, 0.1) is 4.92 Å². The quantitative estimate of drug-likeness (QED) is 0.619. The van der Waals surface area contributed by atoms with Gasteiger partial charge in [-0.15, -0.1) is 0 Å². The van der Waals surface area contributed by atoms with Crippen molar-refractivity contribution in [2.24, 2.45) is 0 Å². The van der Waals surface area contributed by atoms with Crippen LogP contribution in [0.15, 0.2) is 12.3 Å². The van der Waals surface area contributed by atoms with Crippen LogP contribution < -0.4 is 9.80 Å². The second kappa shape index (κ2) is 7.08. The minimum Gasteiger partial charge on any atom is -0.355 e. The number of nitro groups is 1. The van der Waals surface area contributed by atoms with E-state index in [-0.39, 0.29) is 5.69 Å². The van der Waals surface area contributed by atoms with E-state index >= 15 is 0 Å². The Morgan fingerprint density at radius 2 is 2.04 bits per heavy atom. The lowest BCUT2D eigenvalue weighted by Gasteiger charge is -2.23. The molecule has 1 fully saturated rings. The molecular formula is C15H20N6O2S. The number of rotatable bonds is 4. The Morgan fingerprint density at radius 1 is 1.29 bits per heavy atom. The summed E-state index contributed by atoms with van der Waals surface area (Å²) in [5, 5.41) is 11.8. The van der Waals surface area contributed by atoms with Gasteiger partial charge in [-0.25, -0.2) is 9.97 Å². The summed E-state index contributed by atoms with van der Waals surface area (Å²) in [6.07, 6.45) is 3.17. The van der Waals surface area contributed by atoms with Crippen LogP contribution in [0.5, 0.6) is 0 Å². The molecule has 0 unspecified atom stereocenters. The van der Waals surface area contributed by atoms with Crippen molar-refractivity contribution in [1.82, 2.24) is 14.3 Å². The average molecular weight is 348 g/mol. The van der Waals surface area contributed by atoms with Crippen LogP contribution in [0.2, 0.25) is 0 Å². The summed E-state index contributed by atoms with van der Waals surface area (Å²) < 4.78 is 4.36. The minimum absolute atomic E-state index is 0.0358. The van der Waals surface area contributed by atoms with Crippen molar-refractivity contribution in [3.05, 3.63) is 33.8 Å². The molecule has 1 aliphatic heterocycles. The molecular weight excluding hydrogens is 328 g/mol. The van der Waals surface area contributed by atoms with Gasteiger partial charge >= 0.3 is 0 Å². The number of pyridine rings is 1. The van der Waals surface area contributed by atoms with E-state index < -0.39 is 4.92 Å². The molecule has 3 rings (SSSR count). The Morgan fingerprint density at radius 3 is 2.71 bits per heavy atom. The molecule has 0 aliphatic carbocycles. The Hall–Kier alpha value is -2.29. The van der Waals surface area contributed by atoms with Crippen molar-refractivity contribution in [3.8, 4) is 0 Å². The first-order valence-electron chi connectivity index (χ1n) is 8.02. The highest BCUT2D eigenvalue weighted by molar-refractivity contribution is 7.09. The maximum Gasteiger partial charge on any atom is 0.287 e. The zero-order chi connectivity index (χ0) is 17.1. The van der Waals surface area contributed by atoms with Gasteiger partial charge in [0.15, 0.2) is 0 Å². The van der Waals surface area contributed by atoms with Crippen molar-refractivity contribution in [1.29, 1.82) is 0 Å². The van der Waals surface area contributed by atoms with E-state index in [1.165, 1.54) is 17.7 Å². The van der Waals surface area contributed by atoms with Crippen LogP contribution in [0.3, 0.4) is 0 Å². The largest absolute Gasteiger partial charge is 0.355 e. The second-order valence-corrected chi connectivity index (χ2v) is 6.50. The van der Waals surface area contributed by atoms with E-state index in [9.17, 15) is 10.1 Å². The Bertz CT molecular complexity index is 735. The average Bonchev–Trinajstić information content (AvgIpc) is 2.92. The molecule has 0 atom stereocenters. The molecule has 0 aromatic carbocycles. The molecule has 3 heterocycles. The number of aryl methyl sites for hydroxylation is 2. The maximum absolute atomic E-state index is 10.9. The molecule has 1 saturated heterocycles. The molecule has 0 bridgehead atoms. The van der Waals surface area contributed by atoms with E-state index in [0.717, 1.165) is 61.4 Å². The minimum atomic E-state index is -0.408. The summed E-state index contributed by atoms with van der Waals surface area (Å²) in [6, 6.07) is 1.59. The van der Waals surface area contributed by atoms with Gasteiger partial charge in [-0.2, -0.15) is 4.37 Å². The number of hydrogen-bond donors (Lipinski definition) is 0. The number of aromatic nitrogens is 3. The van der Waals surface area contributed by atoms with Crippen LogP contribution in [0.1, 0.15) is 24.7 Å². The van der Waals surface area contributed by atoms with E-state index in [1.807, 2.05) is 6.92 Å². The molecule has 24 heavy (non-hydrogen) atoms. The smallest absolute Gasteiger partial charge is 0.287 e. The zero-order valence-electron chi connectivity index (χ0n) is 13.8. The van der Waals surface area contributed by atoms with Crippen LogP contribution in [0.25, 0.3) is 0 Å². The first kappa shape index (κ1) is 16.6. The molecule has 0 saturated carbocycles. The van der Waals surface area contributed by atoms with Crippen LogP contribution in [0, 0.1) is 17.0 Å². The van der Waals surface area contributed by atoms with Gasteiger partial charge in [0.25, 0.3) is 5.69 Å². The summed E-state index contributed by atoms with van der Waals surface area (Å²) in [6.45, 7) is 7.39. The number of anilines is 2. The third-order valence-corrected chi connectivity index (χ3v) is 4.90. The van der Waals surface area contributed by atoms with Gasteiger partial charge in [-0.05, 0) is 18.9 Å². The molecule has 9 heteroatoms. The molecule has 0 N–H and O–H groups in total. The van der Waals surface area contributed by atoms with Crippen molar-refractivity contribution >= 4 is 28.2 Å². The topological polar surface area (TPSA) is 88.3 Å². The van der Waals surface area contributed by atoms with Gasteiger partial charge < -0.3 is 9.80 Å². The summed E-state index contributed by atoms with van der Waals surface area (Å²) in [5.41, 5.74) is 0.871. The van der Waals surface area contributed by atoms with E-state index in [1.54, 1.807) is 6.07 Å². The summed E-state index contributed by atoms with van der Waals surface area (Å²) in [4.78, 5) is 23.8. The normalized spacial score (nSPS) is 15.4.